The predicted octanol–water partition coefficient (Wildman–Crippen LogP) is 5.72. The third-order valence-electron chi connectivity index (χ3n) is 6.45. The van der Waals surface area contributed by atoms with Gasteiger partial charge in [0.15, 0.2) is 0 Å². The van der Waals surface area contributed by atoms with Gasteiger partial charge in [-0.05, 0) is 80.9 Å². The SMILES string of the molecule is CC1CCc2cc(F)cc3nc(CN4CCC(c5cccc(Cl)c5)CC4)n1c23. The Kier molecular flexibility index (Phi) is 4.64. The van der Waals surface area contributed by atoms with E-state index in [1.807, 2.05) is 12.1 Å². The molecule has 5 heteroatoms. The van der Waals surface area contributed by atoms with Crippen LogP contribution in [0.15, 0.2) is 36.4 Å². The lowest BCUT2D eigenvalue weighted by molar-refractivity contribution is 0.196. The van der Waals surface area contributed by atoms with Crippen molar-refractivity contribution in [1.82, 2.24) is 14.5 Å². The standard InChI is InChI=1S/C23H25ClFN3/c1-15-5-6-18-12-20(25)13-21-23(18)28(15)22(26-21)14-27-9-7-16(8-10-27)17-3-2-4-19(24)11-17/h2-4,11-13,15-16H,5-10,14H2,1H3. The van der Waals surface area contributed by atoms with Gasteiger partial charge in [0.1, 0.15) is 11.6 Å². The molecule has 2 aliphatic heterocycles. The van der Waals surface area contributed by atoms with E-state index in [1.165, 1.54) is 5.56 Å². The van der Waals surface area contributed by atoms with E-state index >= 15 is 0 Å². The van der Waals surface area contributed by atoms with Crippen LogP contribution in [0, 0.1) is 5.82 Å². The maximum Gasteiger partial charge on any atom is 0.125 e. The average Bonchev–Trinajstić information content (AvgIpc) is 3.04. The molecule has 1 saturated heterocycles. The Morgan fingerprint density at radius 1 is 1.14 bits per heavy atom. The van der Waals surface area contributed by atoms with E-state index in [0.717, 1.165) is 72.8 Å². The number of aryl methyl sites for hydroxylation is 1. The second-order valence-corrected chi connectivity index (χ2v) is 8.76. The van der Waals surface area contributed by atoms with E-state index in [9.17, 15) is 4.39 Å². The minimum Gasteiger partial charge on any atom is -0.324 e. The summed E-state index contributed by atoms with van der Waals surface area (Å²) in [5, 5.41) is 0.820. The van der Waals surface area contributed by atoms with E-state index in [1.54, 1.807) is 12.1 Å². The van der Waals surface area contributed by atoms with Crippen LogP contribution >= 0.6 is 11.6 Å². The molecule has 0 aliphatic carbocycles. The molecule has 28 heavy (non-hydrogen) atoms. The van der Waals surface area contributed by atoms with Gasteiger partial charge < -0.3 is 4.57 Å². The summed E-state index contributed by atoms with van der Waals surface area (Å²) in [6.45, 7) is 5.19. The lowest BCUT2D eigenvalue weighted by Crippen LogP contribution is -2.33. The van der Waals surface area contributed by atoms with Crippen LogP contribution in [0.1, 0.15) is 55.1 Å². The maximum absolute atomic E-state index is 14.0. The van der Waals surface area contributed by atoms with Crippen molar-refractivity contribution in [3.63, 3.8) is 0 Å². The second-order valence-electron chi connectivity index (χ2n) is 8.32. The molecule has 0 radical (unpaired) electrons. The van der Waals surface area contributed by atoms with Gasteiger partial charge in [-0.1, -0.05) is 23.7 Å². The maximum atomic E-state index is 14.0. The number of piperidine rings is 1. The Morgan fingerprint density at radius 2 is 1.96 bits per heavy atom. The summed E-state index contributed by atoms with van der Waals surface area (Å²) in [6, 6.07) is 12.0. The van der Waals surface area contributed by atoms with Gasteiger partial charge in [0.2, 0.25) is 0 Å². The molecule has 0 spiro atoms. The quantitative estimate of drug-likeness (QED) is 0.564. The zero-order valence-corrected chi connectivity index (χ0v) is 16.9. The van der Waals surface area contributed by atoms with Crippen LogP contribution < -0.4 is 0 Å². The summed E-state index contributed by atoms with van der Waals surface area (Å²) in [4.78, 5) is 7.33. The number of benzene rings is 2. The number of nitrogens with zero attached hydrogens (tertiary/aromatic N) is 3. The minimum absolute atomic E-state index is 0.171. The molecule has 0 bridgehead atoms. The molecule has 1 atom stereocenters. The van der Waals surface area contributed by atoms with Gasteiger partial charge in [-0.3, -0.25) is 4.90 Å². The van der Waals surface area contributed by atoms with Gasteiger partial charge in [-0.2, -0.15) is 0 Å². The Bertz CT molecular complexity index is 1020. The highest BCUT2D eigenvalue weighted by molar-refractivity contribution is 6.30. The highest BCUT2D eigenvalue weighted by Gasteiger charge is 2.26. The molecule has 2 aliphatic rings. The zero-order chi connectivity index (χ0) is 19.3. The van der Waals surface area contributed by atoms with Gasteiger partial charge >= 0.3 is 0 Å². The van der Waals surface area contributed by atoms with Crippen molar-refractivity contribution in [2.45, 2.75) is 51.1 Å². The van der Waals surface area contributed by atoms with Crippen LogP contribution in [0.5, 0.6) is 0 Å². The zero-order valence-electron chi connectivity index (χ0n) is 16.2. The molecule has 1 unspecified atom stereocenters. The summed E-state index contributed by atoms with van der Waals surface area (Å²) >= 11 is 6.17. The molecule has 3 aromatic rings. The first-order chi connectivity index (χ1) is 13.6. The van der Waals surface area contributed by atoms with Crippen LogP contribution in [0.3, 0.4) is 0 Å². The van der Waals surface area contributed by atoms with E-state index in [4.69, 9.17) is 16.6 Å². The van der Waals surface area contributed by atoms with E-state index in [-0.39, 0.29) is 5.82 Å². The van der Waals surface area contributed by atoms with Gasteiger partial charge in [-0.15, -0.1) is 0 Å². The van der Waals surface area contributed by atoms with Crippen molar-refractivity contribution in [2.24, 2.45) is 0 Å². The first-order valence-electron chi connectivity index (χ1n) is 10.3. The van der Waals surface area contributed by atoms with Crippen LogP contribution in [-0.4, -0.2) is 27.5 Å². The van der Waals surface area contributed by atoms with Crippen molar-refractivity contribution in [1.29, 1.82) is 0 Å². The number of hydrogen-bond donors (Lipinski definition) is 0. The summed E-state index contributed by atoms with van der Waals surface area (Å²) in [6.07, 6.45) is 4.25. The van der Waals surface area contributed by atoms with Crippen LogP contribution in [0.2, 0.25) is 5.02 Å². The molecular formula is C23H25ClFN3. The predicted molar refractivity (Wildman–Crippen MR) is 111 cm³/mol. The fourth-order valence-corrected chi connectivity index (χ4v) is 5.18. The number of likely N-dealkylation sites (tertiary alicyclic amines) is 1. The van der Waals surface area contributed by atoms with Crippen molar-refractivity contribution in [3.05, 3.63) is 64.2 Å². The lowest BCUT2D eigenvalue weighted by Gasteiger charge is -2.33. The number of halogens is 2. The molecule has 0 saturated carbocycles. The van der Waals surface area contributed by atoms with E-state index in [2.05, 4.69) is 28.5 Å². The van der Waals surface area contributed by atoms with Crippen LogP contribution in [0.25, 0.3) is 11.0 Å². The minimum atomic E-state index is -0.171. The summed E-state index contributed by atoms with van der Waals surface area (Å²) < 4.78 is 16.3. The van der Waals surface area contributed by atoms with Crippen LogP contribution in [-0.2, 0) is 13.0 Å². The fourth-order valence-electron chi connectivity index (χ4n) is 4.98. The summed E-state index contributed by atoms with van der Waals surface area (Å²) in [5.74, 6) is 1.48. The highest BCUT2D eigenvalue weighted by atomic mass is 35.5. The smallest absolute Gasteiger partial charge is 0.125 e. The summed E-state index contributed by atoms with van der Waals surface area (Å²) in [7, 11) is 0. The molecular weight excluding hydrogens is 373 g/mol. The summed E-state index contributed by atoms with van der Waals surface area (Å²) in [5.41, 5.74) is 4.41. The Balaban J connectivity index is 1.36. The normalized spacial score (nSPS) is 20.8. The number of aromatic nitrogens is 2. The topological polar surface area (TPSA) is 21.1 Å². The number of imidazole rings is 1. The van der Waals surface area contributed by atoms with Crippen molar-refractivity contribution < 1.29 is 4.39 Å². The Hall–Kier alpha value is -1.91. The van der Waals surface area contributed by atoms with Gasteiger partial charge in [-0.25, -0.2) is 9.37 Å². The van der Waals surface area contributed by atoms with Gasteiger partial charge in [0.25, 0.3) is 0 Å². The monoisotopic (exact) mass is 397 g/mol. The molecule has 5 rings (SSSR count). The molecule has 1 fully saturated rings. The Morgan fingerprint density at radius 3 is 2.75 bits per heavy atom. The Labute approximate surface area is 170 Å². The van der Waals surface area contributed by atoms with Crippen molar-refractivity contribution in [2.75, 3.05) is 13.1 Å². The molecule has 1 aromatic heterocycles. The van der Waals surface area contributed by atoms with Crippen molar-refractivity contribution in [3.8, 4) is 0 Å². The third-order valence-corrected chi connectivity index (χ3v) is 6.68. The first kappa shape index (κ1) is 18.1. The van der Waals surface area contributed by atoms with Crippen molar-refractivity contribution >= 4 is 22.6 Å². The molecule has 146 valence electrons. The molecule has 3 heterocycles. The van der Waals surface area contributed by atoms with Gasteiger partial charge in [0, 0.05) is 17.1 Å². The number of rotatable bonds is 3. The van der Waals surface area contributed by atoms with E-state index < -0.39 is 0 Å². The highest BCUT2D eigenvalue weighted by Crippen LogP contribution is 2.35. The lowest BCUT2D eigenvalue weighted by atomic mass is 9.89. The largest absolute Gasteiger partial charge is 0.324 e. The third kappa shape index (κ3) is 3.23. The van der Waals surface area contributed by atoms with Gasteiger partial charge in [0.05, 0.1) is 17.6 Å². The fraction of sp³-hybridized carbons (Fsp3) is 0.435. The molecule has 0 amide bonds. The van der Waals surface area contributed by atoms with Crippen LogP contribution in [0.4, 0.5) is 4.39 Å². The average molecular weight is 398 g/mol. The second kappa shape index (κ2) is 7.16. The molecule has 3 nitrogen and oxygen atoms in total. The first-order valence-corrected chi connectivity index (χ1v) is 10.6. The number of hydrogen-bond acceptors (Lipinski definition) is 2. The van der Waals surface area contributed by atoms with E-state index in [0.29, 0.717) is 12.0 Å². The molecule has 0 N–H and O–H groups in total. The molecule has 2 aromatic carbocycles.